The minimum atomic E-state index is -0.716. The molecule has 1 N–H and O–H groups in total. The van der Waals surface area contributed by atoms with Crippen LogP contribution in [0.25, 0.3) is 10.9 Å². The number of nitrogens with one attached hydrogen (secondary N) is 1. The van der Waals surface area contributed by atoms with Gasteiger partial charge in [0.1, 0.15) is 18.0 Å². The van der Waals surface area contributed by atoms with E-state index in [0.29, 0.717) is 47.8 Å². The van der Waals surface area contributed by atoms with Crippen LogP contribution in [0.1, 0.15) is 89.9 Å². The lowest BCUT2D eigenvalue weighted by Gasteiger charge is -2.52. The molecule has 6 rings (SSSR count). The molecule has 1 saturated heterocycles. The summed E-state index contributed by atoms with van der Waals surface area (Å²) in [5.41, 5.74) is 4.12. The molecule has 2 fully saturated rings. The van der Waals surface area contributed by atoms with Crippen molar-refractivity contribution in [1.29, 1.82) is 0 Å². The number of rotatable bonds is 14. The van der Waals surface area contributed by atoms with Crippen molar-refractivity contribution in [2.24, 2.45) is 17.8 Å². The van der Waals surface area contributed by atoms with Gasteiger partial charge >= 0.3 is 11.9 Å². The van der Waals surface area contributed by atoms with E-state index in [1.807, 2.05) is 12.1 Å². The molecule has 0 unspecified atom stereocenters. The van der Waals surface area contributed by atoms with Crippen molar-refractivity contribution in [3.8, 4) is 23.0 Å². The van der Waals surface area contributed by atoms with Crippen LogP contribution >= 0.6 is 0 Å². The molecule has 2 aromatic carbocycles. The lowest BCUT2D eigenvalue weighted by atomic mass is 9.63. The maximum Gasteiger partial charge on any atom is 0.338 e. The van der Waals surface area contributed by atoms with Crippen LogP contribution in [0, 0.1) is 17.8 Å². The molecular formula is C40H52N2O10. The zero-order chi connectivity index (χ0) is 37.1. The van der Waals surface area contributed by atoms with E-state index in [1.54, 1.807) is 26.4 Å². The number of hydrogen-bond acceptors (Lipinski definition) is 11. The fourth-order valence-corrected chi connectivity index (χ4v) is 8.91. The van der Waals surface area contributed by atoms with Crippen LogP contribution in [-0.4, -0.2) is 95.6 Å². The smallest absolute Gasteiger partial charge is 0.338 e. The first-order valence-electron chi connectivity index (χ1n) is 18.3. The van der Waals surface area contributed by atoms with Gasteiger partial charge in [0.2, 0.25) is 5.75 Å². The first-order chi connectivity index (χ1) is 25.2. The minimum absolute atomic E-state index is 0.0274. The number of hydrogen-bond donors (Lipinski definition) is 1. The average molecular weight is 721 g/mol. The molecule has 3 aromatic rings. The summed E-state index contributed by atoms with van der Waals surface area (Å²) >= 11 is 0. The number of piperidine rings is 1. The number of carbonyl (C=O) groups is 3. The Morgan fingerprint density at radius 2 is 1.60 bits per heavy atom. The number of esters is 2. The van der Waals surface area contributed by atoms with Gasteiger partial charge in [0.25, 0.3) is 0 Å². The highest BCUT2D eigenvalue weighted by molar-refractivity contribution is 6.03. The molecule has 2 aliphatic heterocycles. The summed E-state index contributed by atoms with van der Waals surface area (Å²) in [6.45, 7) is 3.71. The van der Waals surface area contributed by atoms with Gasteiger partial charge in [-0.15, -0.1) is 0 Å². The predicted octanol–water partition coefficient (Wildman–Crippen LogP) is 6.32. The third kappa shape index (κ3) is 6.94. The molecule has 12 nitrogen and oxygen atoms in total. The largest absolute Gasteiger partial charge is 0.496 e. The first-order valence-corrected chi connectivity index (χ1v) is 18.3. The highest BCUT2D eigenvalue weighted by atomic mass is 16.6. The van der Waals surface area contributed by atoms with E-state index in [2.05, 4.69) is 16.8 Å². The van der Waals surface area contributed by atoms with Crippen LogP contribution < -0.4 is 18.9 Å². The number of Topliss-reactive ketones (excluding diaryl/α,β-unsaturated/α-hetero) is 1. The van der Waals surface area contributed by atoms with Crippen LogP contribution in [0.3, 0.4) is 0 Å². The molecule has 282 valence electrons. The molecule has 1 aliphatic carbocycles. The topological polar surface area (TPSA) is 135 Å². The van der Waals surface area contributed by atoms with E-state index < -0.39 is 24.1 Å². The predicted molar refractivity (Wildman–Crippen MR) is 194 cm³/mol. The van der Waals surface area contributed by atoms with E-state index in [4.69, 9.17) is 33.2 Å². The zero-order valence-electron chi connectivity index (χ0n) is 31.4. The number of aromatic nitrogens is 1. The third-order valence-corrected chi connectivity index (χ3v) is 11.4. The number of H-pyrrole nitrogens is 1. The van der Waals surface area contributed by atoms with Crippen molar-refractivity contribution in [2.45, 2.75) is 76.5 Å². The van der Waals surface area contributed by atoms with Crippen molar-refractivity contribution in [3.63, 3.8) is 0 Å². The Morgan fingerprint density at radius 1 is 0.865 bits per heavy atom. The number of benzene rings is 2. The molecule has 3 aliphatic rings. The van der Waals surface area contributed by atoms with Crippen LogP contribution in [0.2, 0.25) is 0 Å². The number of ether oxygens (including phenoxy) is 7. The van der Waals surface area contributed by atoms with Gasteiger partial charge in [-0.05, 0) is 61.3 Å². The average Bonchev–Trinajstić information content (AvgIpc) is 3.54. The van der Waals surface area contributed by atoms with Crippen LogP contribution in [0.5, 0.6) is 23.0 Å². The number of methoxy groups -OCH3 is 6. The van der Waals surface area contributed by atoms with Crippen molar-refractivity contribution in [2.75, 3.05) is 55.7 Å². The standard InChI is InChI=1S/C40H52N2O10/c1-8-9-10-11-12-30(43)27-18-26-24-13-14-42-21-23-17-34(52-39(44)22-15-32(47-3)37(49-5)33(16-22)48-4)38(50-6)35(40(45)51-7)25(23)19-29(42)36(24)41-28(26)20-31(27)46-2/h15-16,18,20,23,25,29,34-35,38,41H,8-14,17,19,21H2,1-7H3/t23-,25+,29-,34-,35+,38+/m1/s1. The van der Waals surface area contributed by atoms with Gasteiger partial charge < -0.3 is 38.1 Å². The van der Waals surface area contributed by atoms with Gasteiger partial charge in [-0.25, -0.2) is 4.79 Å². The summed E-state index contributed by atoms with van der Waals surface area (Å²) in [4.78, 5) is 46.8. The lowest BCUT2D eigenvalue weighted by Crippen LogP contribution is -2.58. The van der Waals surface area contributed by atoms with Gasteiger partial charge in [0.05, 0.1) is 58.6 Å². The van der Waals surface area contributed by atoms with Gasteiger partial charge in [-0.1, -0.05) is 26.2 Å². The second-order valence-electron chi connectivity index (χ2n) is 14.1. The molecular weight excluding hydrogens is 668 g/mol. The maximum atomic E-state index is 13.7. The molecule has 0 radical (unpaired) electrons. The molecule has 1 aromatic heterocycles. The minimum Gasteiger partial charge on any atom is -0.496 e. The van der Waals surface area contributed by atoms with Gasteiger partial charge in [0, 0.05) is 49.3 Å². The summed E-state index contributed by atoms with van der Waals surface area (Å²) < 4.78 is 39.6. The monoisotopic (exact) mass is 720 g/mol. The Morgan fingerprint density at radius 3 is 2.23 bits per heavy atom. The molecule has 1 saturated carbocycles. The van der Waals surface area contributed by atoms with Gasteiger partial charge in [0.15, 0.2) is 17.3 Å². The van der Waals surface area contributed by atoms with Crippen LogP contribution in [0.15, 0.2) is 24.3 Å². The molecule has 12 heteroatoms. The highest BCUT2D eigenvalue weighted by Gasteiger charge is 2.54. The molecule has 3 heterocycles. The van der Waals surface area contributed by atoms with Crippen molar-refractivity contribution in [3.05, 3.63) is 46.6 Å². The zero-order valence-corrected chi connectivity index (χ0v) is 31.4. The summed E-state index contributed by atoms with van der Waals surface area (Å²) in [5, 5.41) is 1.05. The molecule has 0 spiro atoms. The quantitative estimate of drug-likeness (QED) is 0.114. The van der Waals surface area contributed by atoms with Gasteiger partial charge in [-0.3, -0.25) is 14.5 Å². The van der Waals surface area contributed by atoms with Crippen molar-refractivity contribution >= 4 is 28.6 Å². The normalized spacial score (nSPS) is 23.9. The highest BCUT2D eigenvalue weighted by Crippen LogP contribution is 2.51. The van der Waals surface area contributed by atoms with Crippen molar-refractivity contribution < 1.29 is 47.5 Å². The Hall–Kier alpha value is -4.29. The number of nitrogens with zero attached hydrogens (tertiary/aromatic N) is 1. The number of fused-ring (bicyclic) bond motifs is 6. The molecule has 52 heavy (non-hydrogen) atoms. The number of unbranched alkanes of at least 4 members (excludes halogenated alkanes) is 3. The van der Waals surface area contributed by atoms with Crippen LogP contribution in [-0.2, 0) is 25.4 Å². The number of ketones is 1. The maximum absolute atomic E-state index is 13.7. The fourth-order valence-electron chi connectivity index (χ4n) is 8.91. The van der Waals surface area contributed by atoms with E-state index in [-0.39, 0.29) is 35.2 Å². The summed E-state index contributed by atoms with van der Waals surface area (Å²) in [5.74, 6) is 0.0607. The van der Waals surface area contributed by atoms with Crippen LogP contribution in [0.4, 0.5) is 0 Å². The van der Waals surface area contributed by atoms with E-state index >= 15 is 0 Å². The number of carbonyl (C=O) groups excluding carboxylic acids is 3. The second kappa shape index (κ2) is 16.2. The molecule has 0 amide bonds. The van der Waals surface area contributed by atoms with E-state index in [9.17, 15) is 14.4 Å². The van der Waals surface area contributed by atoms with Crippen molar-refractivity contribution in [1.82, 2.24) is 9.88 Å². The Balaban J connectivity index is 1.27. The Bertz CT molecular complexity index is 1760. The van der Waals surface area contributed by atoms with E-state index in [1.165, 1.54) is 34.0 Å². The summed E-state index contributed by atoms with van der Waals surface area (Å²) in [7, 11) is 9.00. The Labute approximate surface area is 305 Å². The lowest BCUT2D eigenvalue weighted by molar-refractivity contribution is -0.176. The SMILES string of the molecule is CCCCCCC(=O)c1cc2c3c([nH]c2cc1OC)[C@H]1C[C@H]2[C@H](C[C@@H](OC(=O)c4cc(OC)c(OC)c(OC)c4)[C@H](OC)[C@H]2C(=O)OC)CN1CC3. The second-order valence-corrected chi connectivity index (χ2v) is 14.1. The van der Waals surface area contributed by atoms with Gasteiger partial charge in [-0.2, -0.15) is 0 Å². The Kier molecular flexibility index (Phi) is 11.6. The summed E-state index contributed by atoms with van der Waals surface area (Å²) in [6.07, 6.45) is 5.28. The molecule has 6 atom stereocenters. The number of aromatic amines is 1. The first kappa shape index (κ1) is 37.5. The van der Waals surface area contributed by atoms with E-state index in [0.717, 1.165) is 61.8 Å². The molecule has 0 bridgehead atoms. The fraction of sp³-hybridized carbons (Fsp3) is 0.575. The third-order valence-electron chi connectivity index (χ3n) is 11.4. The summed E-state index contributed by atoms with van der Waals surface area (Å²) in [6, 6.07) is 7.09.